The van der Waals surface area contributed by atoms with Crippen molar-refractivity contribution in [3.63, 3.8) is 0 Å². The highest BCUT2D eigenvalue weighted by Gasteiger charge is 2.11. The summed E-state index contributed by atoms with van der Waals surface area (Å²) in [5.41, 5.74) is 0.934. The van der Waals surface area contributed by atoms with E-state index in [-0.39, 0.29) is 0 Å². The van der Waals surface area contributed by atoms with Gasteiger partial charge in [0.2, 0.25) is 0 Å². The normalized spacial score (nSPS) is 14.2. The van der Waals surface area contributed by atoms with Crippen LogP contribution in [0.2, 0.25) is 0 Å². The van der Waals surface area contributed by atoms with Crippen LogP contribution in [0, 0.1) is 0 Å². The zero-order valence-corrected chi connectivity index (χ0v) is 11.0. The maximum Gasteiger partial charge on any atom is 0.143 e. The number of ether oxygens (including phenoxy) is 2. The van der Waals surface area contributed by atoms with Gasteiger partial charge in [-0.05, 0) is 32.4 Å². The van der Waals surface area contributed by atoms with Crippen molar-refractivity contribution in [1.82, 2.24) is 0 Å². The Morgan fingerprint density at radius 3 is 2.72 bits per heavy atom. The summed E-state index contributed by atoms with van der Waals surface area (Å²) in [4.78, 5) is 4.42. The molecule has 1 N–H and O–H groups in total. The third-order valence-electron chi connectivity index (χ3n) is 2.72. The molecule has 4 heteroatoms. The highest BCUT2D eigenvalue weighted by molar-refractivity contribution is 5.97. The molecule has 1 aliphatic rings. The Morgan fingerprint density at radius 1 is 1.22 bits per heavy atom. The van der Waals surface area contributed by atoms with Gasteiger partial charge >= 0.3 is 0 Å². The molecule has 2 rings (SSSR count). The minimum Gasteiger partial charge on any atom is -0.494 e. The fourth-order valence-electron chi connectivity index (χ4n) is 1.94. The van der Waals surface area contributed by atoms with Crippen LogP contribution >= 0.6 is 0 Å². The Kier molecular flexibility index (Phi) is 4.45. The Labute approximate surface area is 108 Å². The van der Waals surface area contributed by atoms with E-state index in [1.165, 1.54) is 0 Å². The van der Waals surface area contributed by atoms with Crippen LogP contribution in [0.15, 0.2) is 23.2 Å². The van der Waals surface area contributed by atoms with E-state index in [9.17, 15) is 0 Å². The first kappa shape index (κ1) is 12.7. The van der Waals surface area contributed by atoms with Crippen molar-refractivity contribution < 1.29 is 9.47 Å². The van der Waals surface area contributed by atoms with E-state index in [0.717, 1.165) is 42.4 Å². The molecule has 0 aliphatic carbocycles. The number of rotatable bonds is 5. The molecule has 4 nitrogen and oxygen atoms in total. The molecular weight excluding hydrogens is 228 g/mol. The first-order chi connectivity index (χ1) is 8.83. The molecule has 1 aliphatic heterocycles. The second-order valence-electron chi connectivity index (χ2n) is 4.08. The molecule has 0 radical (unpaired) electrons. The number of nitrogens with one attached hydrogen (secondary N) is 1. The second kappa shape index (κ2) is 6.28. The quantitative estimate of drug-likeness (QED) is 0.870. The van der Waals surface area contributed by atoms with Crippen molar-refractivity contribution in [3.05, 3.63) is 18.2 Å². The molecule has 18 heavy (non-hydrogen) atoms. The van der Waals surface area contributed by atoms with Gasteiger partial charge in [0.05, 0.1) is 18.9 Å². The molecule has 0 atom stereocenters. The van der Waals surface area contributed by atoms with Crippen LogP contribution in [-0.4, -0.2) is 25.6 Å². The van der Waals surface area contributed by atoms with Gasteiger partial charge in [-0.2, -0.15) is 0 Å². The lowest BCUT2D eigenvalue weighted by atomic mass is 10.2. The lowest BCUT2D eigenvalue weighted by molar-refractivity contribution is 0.332. The van der Waals surface area contributed by atoms with Crippen molar-refractivity contribution >= 4 is 11.5 Å². The number of nitrogens with zero attached hydrogens (tertiary/aromatic N) is 1. The molecule has 1 heterocycles. The van der Waals surface area contributed by atoms with Crippen molar-refractivity contribution in [1.29, 1.82) is 0 Å². The van der Waals surface area contributed by atoms with Gasteiger partial charge in [-0.15, -0.1) is 0 Å². The largest absolute Gasteiger partial charge is 0.494 e. The summed E-state index contributed by atoms with van der Waals surface area (Å²) in [5.74, 6) is 2.72. The lowest BCUT2D eigenvalue weighted by Gasteiger charge is -2.14. The summed E-state index contributed by atoms with van der Waals surface area (Å²) < 4.78 is 11.1. The Hall–Kier alpha value is -1.71. The zero-order valence-electron chi connectivity index (χ0n) is 11.0. The van der Waals surface area contributed by atoms with E-state index < -0.39 is 0 Å². The third kappa shape index (κ3) is 3.15. The number of hydrogen-bond acceptors (Lipinski definition) is 4. The highest BCUT2D eigenvalue weighted by atomic mass is 16.5. The van der Waals surface area contributed by atoms with E-state index in [2.05, 4.69) is 10.3 Å². The Balaban J connectivity index is 2.18. The number of anilines is 1. The second-order valence-corrected chi connectivity index (χ2v) is 4.08. The molecule has 0 saturated heterocycles. The summed E-state index contributed by atoms with van der Waals surface area (Å²) in [6.45, 7) is 6.18. The summed E-state index contributed by atoms with van der Waals surface area (Å²) in [7, 11) is 0. The molecule has 0 amide bonds. The Bertz CT molecular complexity index is 430. The molecule has 0 unspecified atom stereocenters. The molecule has 0 bridgehead atoms. The molecule has 0 saturated carbocycles. The molecule has 98 valence electrons. The van der Waals surface area contributed by atoms with Crippen molar-refractivity contribution in [2.24, 2.45) is 4.99 Å². The van der Waals surface area contributed by atoms with E-state index in [4.69, 9.17) is 9.47 Å². The van der Waals surface area contributed by atoms with E-state index in [1.54, 1.807) is 0 Å². The first-order valence-electron chi connectivity index (χ1n) is 6.53. The van der Waals surface area contributed by atoms with Gasteiger partial charge in [-0.3, -0.25) is 4.99 Å². The predicted molar refractivity (Wildman–Crippen MR) is 73.9 cm³/mol. The van der Waals surface area contributed by atoms with Gasteiger partial charge in [0.15, 0.2) is 0 Å². The molecule has 1 aromatic rings. The zero-order chi connectivity index (χ0) is 12.8. The number of benzene rings is 1. The minimum absolute atomic E-state index is 0.648. The molecule has 0 aromatic heterocycles. The molecule has 1 aromatic carbocycles. The van der Waals surface area contributed by atoms with Gasteiger partial charge in [-0.1, -0.05) is 0 Å². The summed E-state index contributed by atoms with van der Waals surface area (Å²) >= 11 is 0. The van der Waals surface area contributed by atoms with Crippen LogP contribution < -0.4 is 14.8 Å². The Morgan fingerprint density at radius 2 is 2.06 bits per heavy atom. The van der Waals surface area contributed by atoms with Crippen LogP contribution in [0.5, 0.6) is 11.5 Å². The maximum absolute atomic E-state index is 5.61. The summed E-state index contributed by atoms with van der Waals surface area (Å²) in [5, 5.41) is 3.34. The van der Waals surface area contributed by atoms with Crippen LogP contribution in [0.3, 0.4) is 0 Å². The van der Waals surface area contributed by atoms with Gasteiger partial charge < -0.3 is 14.8 Å². The van der Waals surface area contributed by atoms with E-state index in [1.807, 2.05) is 32.0 Å². The smallest absolute Gasteiger partial charge is 0.143 e. The monoisotopic (exact) mass is 248 g/mol. The molecule has 0 spiro atoms. The SMILES string of the molecule is CCOc1ccc(OCC)c(NC2=NCCC2)c1. The summed E-state index contributed by atoms with van der Waals surface area (Å²) in [6.07, 6.45) is 2.13. The van der Waals surface area contributed by atoms with E-state index >= 15 is 0 Å². The minimum atomic E-state index is 0.648. The van der Waals surface area contributed by atoms with Crippen LogP contribution in [-0.2, 0) is 0 Å². The van der Waals surface area contributed by atoms with Gasteiger partial charge in [0, 0.05) is 19.0 Å². The number of hydrogen-bond donors (Lipinski definition) is 1. The van der Waals surface area contributed by atoms with E-state index in [0.29, 0.717) is 13.2 Å². The van der Waals surface area contributed by atoms with Crippen molar-refractivity contribution in [2.75, 3.05) is 25.1 Å². The topological polar surface area (TPSA) is 42.9 Å². The fourth-order valence-corrected chi connectivity index (χ4v) is 1.94. The molecule has 0 fully saturated rings. The van der Waals surface area contributed by atoms with Crippen LogP contribution in [0.4, 0.5) is 5.69 Å². The standard InChI is InChI=1S/C14H20N2O2/c1-3-17-11-7-8-13(18-4-2)12(10-11)16-14-6-5-9-15-14/h7-8,10H,3-6,9H2,1-2H3,(H,15,16). The van der Waals surface area contributed by atoms with Gasteiger partial charge in [0.1, 0.15) is 17.3 Å². The third-order valence-corrected chi connectivity index (χ3v) is 2.72. The predicted octanol–water partition coefficient (Wildman–Crippen LogP) is 3.09. The van der Waals surface area contributed by atoms with Crippen molar-refractivity contribution in [2.45, 2.75) is 26.7 Å². The average Bonchev–Trinajstić information content (AvgIpc) is 2.86. The van der Waals surface area contributed by atoms with Gasteiger partial charge in [0.25, 0.3) is 0 Å². The first-order valence-corrected chi connectivity index (χ1v) is 6.53. The highest BCUT2D eigenvalue weighted by Crippen LogP contribution is 2.30. The summed E-state index contributed by atoms with van der Waals surface area (Å²) in [6, 6.07) is 5.83. The van der Waals surface area contributed by atoms with Crippen molar-refractivity contribution in [3.8, 4) is 11.5 Å². The lowest BCUT2D eigenvalue weighted by Crippen LogP contribution is -2.10. The van der Waals surface area contributed by atoms with Gasteiger partial charge in [-0.25, -0.2) is 0 Å². The fraction of sp³-hybridized carbons (Fsp3) is 0.500. The van der Waals surface area contributed by atoms with Crippen LogP contribution in [0.25, 0.3) is 0 Å². The number of aliphatic imine (C=N–C) groups is 1. The maximum atomic E-state index is 5.61. The average molecular weight is 248 g/mol. The van der Waals surface area contributed by atoms with Crippen LogP contribution in [0.1, 0.15) is 26.7 Å². The molecular formula is C14H20N2O2. The number of amidine groups is 1.